The molecule has 0 spiro atoms. The second-order valence-corrected chi connectivity index (χ2v) is 4.71. The fourth-order valence-corrected chi connectivity index (χ4v) is 2.07. The minimum atomic E-state index is -1.19. The molecule has 2 aromatic rings. The molecular weight excluding hydrogens is 271 g/mol. The molecule has 0 amide bonds. The Labute approximate surface area is 123 Å². The van der Waals surface area contributed by atoms with E-state index >= 15 is 0 Å². The first-order valence-corrected chi connectivity index (χ1v) is 6.87. The van der Waals surface area contributed by atoms with E-state index in [1.165, 1.54) is 23.8 Å². The van der Waals surface area contributed by atoms with E-state index in [0.717, 1.165) is 19.3 Å². The van der Waals surface area contributed by atoms with Gasteiger partial charge in [-0.25, -0.2) is 9.18 Å². The molecule has 0 bridgehead atoms. The maximum absolute atomic E-state index is 13.6. The number of benzene rings is 2. The molecule has 2 rings (SSSR count). The lowest BCUT2D eigenvalue weighted by atomic mass is 10.1. The molecular formula is C17H17FO3. The average Bonchev–Trinajstić information content (AvgIpc) is 2.49. The number of ether oxygens (including phenoxy) is 1. The van der Waals surface area contributed by atoms with Crippen molar-refractivity contribution in [2.45, 2.75) is 19.3 Å². The van der Waals surface area contributed by atoms with E-state index in [1.54, 1.807) is 0 Å². The van der Waals surface area contributed by atoms with Crippen molar-refractivity contribution in [3.8, 4) is 5.75 Å². The van der Waals surface area contributed by atoms with Gasteiger partial charge in [-0.1, -0.05) is 36.4 Å². The zero-order chi connectivity index (χ0) is 15.1. The SMILES string of the molecule is O=C(O)c1cccc(F)c1OCCCCc1ccccc1. The molecule has 110 valence electrons. The summed E-state index contributed by atoms with van der Waals surface area (Å²) in [5, 5.41) is 8.99. The number of aryl methyl sites for hydroxylation is 1. The maximum Gasteiger partial charge on any atom is 0.339 e. The Morgan fingerprint density at radius 1 is 1.05 bits per heavy atom. The van der Waals surface area contributed by atoms with Crippen molar-refractivity contribution in [3.63, 3.8) is 0 Å². The van der Waals surface area contributed by atoms with Crippen molar-refractivity contribution in [3.05, 3.63) is 65.5 Å². The van der Waals surface area contributed by atoms with Gasteiger partial charge in [0.15, 0.2) is 11.6 Å². The first-order chi connectivity index (χ1) is 10.2. The van der Waals surface area contributed by atoms with Crippen LogP contribution in [0.2, 0.25) is 0 Å². The van der Waals surface area contributed by atoms with Gasteiger partial charge in [-0.3, -0.25) is 0 Å². The van der Waals surface area contributed by atoms with Gasteiger partial charge >= 0.3 is 5.97 Å². The smallest absolute Gasteiger partial charge is 0.339 e. The summed E-state index contributed by atoms with van der Waals surface area (Å²) in [5.74, 6) is -2.00. The summed E-state index contributed by atoms with van der Waals surface area (Å²) in [6, 6.07) is 14.0. The lowest BCUT2D eigenvalue weighted by Gasteiger charge is -2.10. The Balaban J connectivity index is 1.83. The van der Waals surface area contributed by atoms with Crippen LogP contribution in [-0.4, -0.2) is 17.7 Å². The van der Waals surface area contributed by atoms with Crippen molar-refractivity contribution in [1.82, 2.24) is 0 Å². The highest BCUT2D eigenvalue weighted by Gasteiger charge is 2.15. The molecule has 0 saturated heterocycles. The lowest BCUT2D eigenvalue weighted by Crippen LogP contribution is -2.06. The number of hydrogen-bond acceptors (Lipinski definition) is 2. The Morgan fingerprint density at radius 3 is 2.52 bits per heavy atom. The van der Waals surface area contributed by atoms with E-state index in [4.69, 9.17) is 9.84 Å². The minimum Gasteiger partial charge on any atom is -0.490 e. The fraction of sp³-hybridized carbons (Fsp3) is 0.235. The number of carboxylic acid groups (broad SMARTS) is 1. The van der Waals surface area contributed by atoms with Crippen LogP contribution in [0.15, 0.2) is 48.5 Å². The average molecular weight is 288 g/mol. The van der Waals surface area contributed by atoms with Crippen LogP contribution in [0.5, 0.6) is 5.75 Å². The van der Waals surface area contributed by atoms with Gasteiger partial charge in [-0.2, -0.15) is 0 Å². The van der Waals surface area contributed by atoms with Gasteiger partial charge < -0.3 is 9.84 Å². The number of aromatic carboxylic acids is 1. The zero-order valence-electron chi connectivity index (χ0n) is 11.6. The summed E-state index contributed by atoms with van der Waals surface area (Å²) < 4.78 is 18.9. The van der Waals surface area contributed by atoms with Crippen LogP contribution in [0.4, 0.5) is 4.39 Å². The third kappa shape index (κ3) is 4.31. The summed E-state index contributed by atoms with van der Waals surface area (Å²) in [4.78, 5) is 11.0. The molecule has 0 saturated carbocycles. The zero-order valence-corrected chi connectivity index (χ0v) is 11.6. The molecule has 0 aliphatic rings. The van der Waals surface area contributed by atoms with Crippen LogP contribution in [0.25, 0.3) is 0 Å². The normalized spacial score (nSPS) is 10.3. The van der Waals surface area contributed by atoms with E-state index in [2.05, 4.69) is 12.1 Å². The molecule has 3 nitrogen and oxygen atoms in total. The van der Waals surface area contributed by atoms with E-state index in [-0.39, 0.29) is 11.3 Å². The second-order valence-electron chi connectivity index (χ2n) is 4.71. The van der Waals surface area contributed by atoms with E-state index in [1.807, 2.05) is 18.2 Å². The molecule has 0 aliphatic heterocycles. The quantitative estimate of drug-likeness (QED) is 0.785. The predicted molar refractivity (Wildman–Crippen MR) is 78.2 cm³/mol. The highest BCUT2D eigenvalue weighted by molar-refractivity contribution is 5.90. The van der Waals surface area contributed by atoms with E-state index < -0.39 is 11.8 Å². The molecule has 0 radical (unpaired) electrons. The topological polar surface area (TPSA) is 46.5 Å². The number of carboxylic acids is 1. The number of unbranched alkanes of at least 4 members (excludes halogenated alkanes) is 1. The Kier molecular flexibility index (Phi) is 5.32. The molecule has 0 unspecified atom stereocenters. The van der Waals surface area contributed by atoms with Gasteiger partial charge in [-0.05, 0) is 37.0 Å². The number of carbonyl (C=O) groups is 1. The molecule has 21 heavy (non-hydrogen) atoms. The standard InChI is InChI=1S/C17H17FO3/c18-15-11-6-10-14(17(19)20)16(15)21-12-5-4-9-13-7-2-1-3-8-13/h1-3,6-8,10-11H,4-5,9,12H2,(H,19,20). The molecule has 4 heteroatoms. The molecule has 0 atom stereocenters. The van der Waals surface area contributed by atoms with Crippen LogP contribution in [0.3, 0.4) is 0 Å². The van der Waals surface area contributed by atoms with Gasteiger partial charge in [0.25, 0.3) is 0 Å². The second kappa shape index (κ2) is 7.43. The molecule has 0 aromatic heterocycles. The summed E-state index contributed by atoms with van der Waals surface area (Å²) in [7, 11) is 0. The van der Waals surface area contributed by atoms with E-state index in [9.17, 15) is 9.18 Å². The number of para-hydroxylation sites is 1. The van der Waals surface area contributed by atoms with Gasteiger partial charge in [0.05, 0.1) is 6.61 Å². The summed E-state index contributed by atoms with van der Waals surface area (Å²) in [5.41, 5.74) is 1.10. The molecule has 0 fully saturated rings. The van der Waals surface area contributed by atoms with Gasteiger partial charge in [0.2, 0.25) is 0 Å². The van der Waals surface area contributed by atoms with Crippen molar-refractivity contribution in [2.75, 3.05) is 6.61 Å². The first-order valence-electron chi connectivity index (χ1n) is 6.87. The number of rotatable bonds is 7. The maximum atomic E-state index is 13.6. The van der Waals surface area contributed by atoms with Crippen LogP contribution in [0.1, 0.15) is 28.8 Å². The summed E-state index contributed by atoms with van der Waals surface area (Å²) in [6.07, 6.45) is 2.57. The molecule has 0 aliphatic carbocycles. The van der Waals surface area contributed by atoms with Crippen LogP contribution in [0, 0.1) is 5.82 Å². The number of hydrogen-bond donors (Lipinski definition) is 1. The summed E-state index contributed by atoms with van der Waals surface area (Å²) in [6.45, 7) is 0.300. The third-order valence-corrected chi connectivity index (χ3v) is 3.15. The van der Waals surface area contributed by atoms with Gasteiger partial charge in [0.1, 0.15) is 5.56 Å². The van der Waals surface area contributed by atoms with E-state index in [0.29, 0.717) is 6.61 Å². The Bertz CT molecular complexity index is 596. The van der Waals surface area contributed by atoms with Crippen molar-refractivity contribution >= 4 is 5.97 Å². The summed E-state index contributed by atoms with van der Waals surface area (Å²) >= 11 is 0. The predicted octanol–water partition coefficient (Wildman–Crippen LogP) is 3.93. The largest absolute Gasteiger partial charge is 0.490 e. The lowest BCUT2D eigenvalue weighted by molar-refractivity contribution is 0.0691. The van der Waals surface area contributed by atoms with Gasteiger partial charge in [0, 0.05) is 0 Å². The highest BCUT2D eigenvalue weighted by Crippen LogP contribution is 2.23. The Hall–Kier alpha value is -2.36. The van der Waals surface area contributed by atoms with Gasteiger partial charge in [-0.15, -0.1) is 0 Å². The van der Waals surface area contributed by atoms with Crippen LogP contribution >= 0.6 is 0 Å². The third-order valence-electron chi connectivity index (χ3n) is 3.15. The van der Waals surface area contributed by atoms with Crippen molar-refractivity contribution in [2.24, 2.45) is 0 Å². The van der Waals surface area contributed by atoms with Crippen LogP contribution in [-0.2, 0) is 6.42 Å². The first kappa shape index (κ1) is 15.0. The molecule has 0 heterocycles. The van der Waals surface area contributed by atoms with Crippen molar-refractivity contribution in [1.29, 1.82) is 0 Å². The molecule has 1 N–H and O–H groups in total. The highest BCUT2D eigenvalue weighted by atomic mass is 19.1. The molecule has 2 aromatic carbocycles. The monoisotopic (exact) mass is 288 g/mol. The van der Waals surface area contributed by atoms with Crippen molar-refractivity contribution < 1.29 is 19.0 Å². The minimum absolute atomic E-state index is 0.141. The number of halogens is 1. The Morgan fingerprint density at radius 2 is 1.81 bits per heavy atom. The van der Waals surface area contributed by atoms with Crippen LogP contribution < -0.4 is 4.74 Å². The fourth-order valence-electron chi connectivity index (χ4n) is 2.07.